The normalized spacial score (nSPS) is 11.3. The molecule has 2 aromatic carbocycles. The zero-order chi connectivity index (χ0) is 17.6. The SMILES string of the molecule is CCn1c(SCC(=O)N/N=C/c2ccc(Br)cc2)nc2ccccc21. The molecule has 5 nitrogen and oxygen atoms in total. The number of carbonyl (C=O) groups is 1. The van der Waals surface area contributed by atoms with E-state index < -0.39 is 0 Å². The quantitative estimate of drug-likeness (QED) is 0.374. The number of benzene rings is 2. The molecule has 3 rings (SSSR count). The van der Waals surface area contributed by atoms with E-state index in [0.29, 0.717) is 0 Å². The van der Waals surface area contributed by atoms with Crippen LogP contribution in [0, 0.1) is 0 Å². The standard InChI is InChI=1S/C18H17BrN4OS/c1-2-23-16-6-4-3-5-15(16)21-18(23)25-12-17(24)22-20-11-13-7-9-14(19)10-8-13/h3-11H,2,12H2,1H3,(H,22,24)/b20-11+. The molecule has 128 valence electrons. The smallest absolute Gasteiger partial charge is 0.250 e. The number of thioether (sulfide) groups is 1. The van der Waals surface area contributed by atoms with Gasteiger partial charge in [-0.2, -0.15) is 5.10 Å². The van der Waals surface area contributed by atoms with Gasteiger partial charge in [0.15, 0.2) is 5.16 Å². The number of para-hydroxylation sites is 2. The summed E-state index contributed by atoms with van der Waals surface area (Å²) in [6.07, 6.45) is 1.62. The number of hydrogen-bond acceptors (Lipinski definition) is 4. The van der Waals surface area contributed by atoms with Crippen molar-refractivity contribution in [2.45, 2.75) is 18.6 Å². The summed E-state index contributed by atoms with van der Waals surface area (Å²) in [7, 11) is 0. The fourth-order valence-electron chi connectivity index (χ4n) is 2.36. The molecule has 1 heterocycles. The molecule has 25 heavy (non-hydrogen) atoms. The van der Waals surface area contributed by atoms with Gasteiger partial charge >= 0.3 is 0 Å². The van der Waals surface area contributed by atoms with Crippen LogP contribution in [0.1, 0.15) is 12.5 Å². The first-order valence-corrected chi connectivity index (χ1v) is 9.61. The third-order valence-electron chi connectivity index (χ3n) is 3.54. The highest BCUT2D eigenvalue weighted by atomic mass is 79.9. The van der Waals surface area contributed by atoms with E-state index in [1.54, 1.807) is 6.21 Å². The van der Waals surface area contributed by atoms with Crippen molar-refractivity contribution < 1.29 is 4.79 Å². The Kier molecular flexibility index (Phi) is 5.88. The lowest BCUT2D eigenvalue weighted by molar-refractivity contribution is -0.118. The summed E-state index contributed by atoms with van der Waals surface area (Å²) >= 11 is 4.79. The number of rotatable bonds is 6. The van der Waals surface area contributed by atoms with Crippen molar-refractivity contribution in [1.29, 1.82) is 0 Å². The van der Waals surface area contributed by atoms with Crippen LogP contribution in [0.25, 0.3) is 11.0 Å². The Morgan fingerprint density at radius 2 is 2.04 bits per heavy atom. The largest absolute Gasteiger partial charge is 0.319 e. The van der Waals surface area contributed by atoms with Gasteiger partial charge in [0.05, 0.1) is 23.0 Å². The number of halogens is 1. The van der Waals surface area contributed by atoms with Crippen molar-refractivity contribution in [2.75, 3.05) is 5.75 Å². The third-order valence-corrected chi connectivity index (χ3v) is 5.05. The maximum atomic E-state index is 12.0. The van der Waals surface area contributed by atoms with Gasteiger partial charge in [-0.25, -0.2) is 10.4 Å². The molecule has 0 aliphatic carbocycles. The van der Waals surface area contributed by atoms with Gasteiger partial charge in [-0.05, 0) is 36.8 Å². The molecule has 0 fully saturated rings. The van der Waals surface area contributed by atoms with Crippen LogP contribution in [-0.4, -0.2) is 27.4 Å². The van der Waals surface area contributed by atoms with Gasteiger partial charge in [-0.3, -0.25) is 4.79 Å². The maximum Gasteiger partial charge on any atom is 0.250 e. The van der Waals surface area contributed by atoms with E-state index in [4.69, 9.17) is 0 Å². The van der Waals surface area contributed by atoms with E-state index in [1.807, 2.05) is 48.5 Å². The highest BCUT2D eigenvalue weighted by Crippen LogP contribution is 2.23. The van der Waals surface area contributed by atoms with Crippen LogP contribution in [-0.2, 0) is 11.3 Å². The highest BCUT2D eigenvalue weighted by Gasteiger charge is 2.11. The fourth-order valence-corrected chi connectivity index (χ4v) is 3.49. The van der Waals surface area contributed by atoms with Gasteiger partial charge in [0.25, 0.3) is 5.91 Å². The Morgan fingerprint density at radius 3 is 2.80 bits per heavy atom. The minimum atomic E-state index is -0.159. The monoisotopic (exact) mass is 416 g/mol. The maximum absolute atomic E-state index is 12.0. The Balaban J connectivity index is 1.58. The molecule has 0 bridgehead atoms. The number of aromatic nitrogens is 2. The van der Waals surface area contributed by atoms with Gasteiger partial charge in [-0.15, -0.1) is 0 Å². The predicted molar refractivity (Wildman–Crippen MR) is 106 cm³/mol. The molecular weight excluding hydrogens is 400 g/mol. The van der Waals surface area contributed by atoms with E-state index in [9.17, 15) is 4.79 Å². The summed E-state index contributed by atoms with van der Waals surface area (Å²) in [4.78, 5) is 16.6. The summed E-state index contributed by atoms with van der Waals surface area (Å²) in [5.41, 5.74) is 5.50. The molecular formula is C18H17BrN4OS. The van der Waals surface area contributed by atoms with Crippen molar-refractivity contribution in [2.24, 2.45) is 5.10 Å². The molecule has 1 amide bonds. The van der Waals surface area contributed by atoms with Crippen LogP contribution in [0.3, 0.4) is 0 Å². The summed E-state index contributed by atoms with van der Waals surface area (Å²) < 4.78 is 3.11. The van der Waals surface area contributed by atoms with Gasteiger partial charge in [0, 0.05) is 11.0 Å². The van der Waals surface area contributed by atoms with E-state index in [2.05, 4.69) is 42.9 Å². The molecule has 0 aliphatic heterocycles. The summed E-state index contributed by atoms with van der Waals surface area (Å²) in [6, 6.07) is 15.7. The van der Waals surface area contributed by atoms with Crippen LogP contribution >= 0.6 is 27.7 Å². The van der Waals surface area contributed by atoms with Crippen molar-refractivity contribution in [3.63, 3.8) is 0 Å². The fraction of sp³-hybridized carbons (Fsp3) is 0.167. The van der Waals surface area contributed by atoms with Crippen LogP contribution in [0.5, 0.6) is 0 Å². The number of nitrogens with one attached hydrogen (secondary N) is 1. The molecule has 1 N–H and O–H groups in total. The van der Waals surface area contributed by atoms with E-state index in [-0.39, 0.29) is 11.7 Å². The first-order valence-electron chi connectivity index (χ1n) is 7.83. The number of aryl methyl sites for hydroxylation is 1. The number of fused-ring (bicyclic) bond motifs is 1. The molecule has 0 unspecified atom stereocenters. The second-order valence-corrected chi connectivity index (χ2v) is 7.12. The van der Waals surface area contributed by atoms with E-state index in [0.717, 1.165) is 32.8 Å². The summed E-state index contributed by atoms with van der Waals surface area (Å²) in [5, 5.41) is 4.83. The Labute approximate surface area is 158 Å². The molecule has 3 aromatic rings. The molecule has 0 saturated carbocycles. The number of nitrogens with zero attached hydrogens (tertiary/aromatic N) is 3. The molecule has 0 radical (unpaired) electrons. The van der Waals surface area contributed by atoms with Crippen molar-refractivity contribution in [3.8, 4) is 0 Å². The van der Waals surface area contributed by atoms with E-state index >= 15 is 0 Å². The van der Waals surface area contributed by atoms with Gasteiger partial charge < -0.3 is 4.57 Å². The topological polar surface area (TPSA) is 59.3 Å². The molecule has 0 spiro atoms. The predicted octanol–water partition coefficient (Wildman–Crippen LogP) is 4.06. The molecule has 0 saturated heterocycles. The number of imidazole rings is 1. The second kappa shape index (κ2) is 8.31. The first-order chi connectivity index (χ1) is 12.2. The lowest BCUT2D eigenvalue weighted by Crippen LogP contribution is -2.20. The van der Waals surface area contributed by atoms with Crippen molar-refractivity contribution in [1.82, 2.24) is 15.0 Å². The highest BCUT2D eigenvalue weighted by molar-refractivity contribution is 9.10. The molecule has 0 aliphatic rings. The Hall–Kier alpha value is -2.12. The third kappa shape index (κ3) is 4.49. The molecule has 0 atom stereocenters. The minimum absolute atomic E-state index is 0.159. The Bertz CT molecular complexity index is 905. The second-order valence-electron chi connectivity index (χ2n) is 5.26. The summed E-state index contributed by atoms with van der Waals surface area (Å²) in [5.74, 6) is 0.106. The number of hydrogen-bond donors (Lipinski definition) is 1. The lowest BCUT2D eigenvalue weighted by Gasteiger charge is -2.04. The van der Waals surface area contributed by atoms with Gasteiger partial charge in [0.2, 0.25) is 0 Å². The number of hydrazone groups is 1. The van der Waals surface area contributed by atoms with Crippen LogP contribution in [0.2, 0.25) is 0 Å². The van der Waals surface area contributed by atoms with Gasteiger partial charge in [0.1, 0.15) is 0 Å². The van der Waals surface area contributed by atoms with Crippen molar-refractivity contribution in [3.05, 3.63) is 58.6 Å². The number of amides is 1. The zero-order valence-corrected chi connectivity index (χ0v) is 16.0. The number of carbonyl (C=O) groups excluding carboxylic acids is 1. The summed E-state index contributed by atoms with van der Waals surface area (Å²) in [6.45, 7) is 2.88. The van der Waals surface area contributed by atoms with Gasteiger partial charge in [-0.1, -0.05) is 52.0 Å². The average molecular weight is 417 g/mol. The molecule has 1 aromatic heterocycles. The van der Waals surface area contributed by atoms with Crippen molar-refractivity contribution >= 4 is 50.8 Å². The lowest BCUT2D eigenvalue weighted by atomic mass is 10.2. The molecule has 7 heteroatoms. The van der Waals surface area contributed by atoms with E-state index in [1.165, 1.54) is 11.8 Å². The first kappa shape index (κ1) is 17.7. The van der Waals surface area contributed by atoms with Crippen LogP contribution < -0.4 is 5.43 Å². The van der Waals surface area contributed by atoms with Crippen LogP contribution in [0.15, 0.2) is 63.3 Å². The van der Waals surface area contributed by atoms with Crippen LogP contribution in [0.4, 0.5) is 0 Å². The zero-order valence-electron chi connectivity index (χ0n) is 13.6. The average Bonchev–Trinajstić information content (AvgIpc) is 2.99. The minimum Gasteiger partial charge on any atom is -0.319 e. The Morgan fingerprint density at radius 1 is 1.28 bits per heavy atom.